The van der Waals surface area contributed by atoms with Crippen molar-refractivity contribution < 1.29 is 0 Å². The Bertz CT molecular complexity index is 3200. The fraction of sp³-hybridized carbons (Fsp3) is 0. The van der Waals surface area contributed by atoms with E-state index in [1.54, 1.807) is 0 Å². The van der Waals surface area contributed by atoms with Crippen LogP contribution >= 0.6 is 0 Å². The lowest BCUT2D eigenvalue weighted by atomic mass is 9.92. The van der Waals surface area contributed by atoms with Crippen LogP contribution in [-0.4, -0.2) is 0 Å². The van der Waals surface area contributed by atoms with Crippen molar-refractivity contribution >= 4 is 101 Å². The summed E-state index contributed by atoms with van der Waals surface area (Å²) in [5, 5.41) is 7.37. The minimum absolute atomic E-state index is 1.08. The molecule has 0 bridgehead atoms. The van der Waals surface area contributed by atoms with Crippen LogP contribution in [0, 0.1) is 0 Å². The summed E-state index contributed by atoms with van der Waals surface area (Å²) in [6, 6.07) is 100. The Labute approximate surface area is 397 Å². The smallest absolute Gasteiger partial charge is 0.0473 e. The van der Waals surface area contributed by atoms with Crippen molar-refractivity contribution in [3.63, 3.8) is 0 Å². The Morgan fingerprint density at radius 2 is 0.309 bits per heavy atom. The quantitative estimate of drug-likeness (QED) is 0.113. The van der Waals surface area contributed by atoms with Crippen LogP contribution in [0.25, 0.3) is 32.3 Å². The number of hydrogen-bond donors (Lipinski definition) is 0. The molecule has 12 aromatic rings. The van der Waals surface area contributed by atoms with Crippen LogP contribution in [-0.2, 0) is 0 Å². The summed E-state index contributed by atoms with van der Waals surface area (Å²) in [6.07, 6.45) is 0. The molecule has 4 heteroatoms. The van der Waals surface area contributed by atoms with Gasteiger partial charge in [0.2, 0.25) is 0 Å². The van der Waals surface area contributed by atoms with Gasteiger partial charge in [-0.05, 0) is 178 Å². The van der Waals surface area contributed by atoms with Crippen LogP contribution < -0.4 is 19.6 Å². The van der Waals surface area contributed by atoms with E-state index in [-0.39, 0.29) is 0 Å². The second kappa shape index (κ2) is 17.7. The van der Waals surface area contributed by atoms with Crippen LogP contribution in [0.1, 0.15) is 0 Å². The number of anilines is 12. The maximum absolute atomic E-state index is 2.37. The van der Waals surface area contributed by atoms with Gasteiger partial charge >= 0.3 is 0 Å². The van der Waals surface area contributed by atoms with Gasteiger partial charge in [-0.15, -0.1) is 0 Å². The fourth-order valence-electron chi connectivity index (χ4n) is 9.82. The highest BCUT2D eigenvalue weighted by atomic mass is 15.2. The zero-order valence-electron chi connectivity index (χ0n) is 37.3. The largest absolute Gasteiger partial charge is 0.311 e. The van der Waals surface area contributed by atoms with Gasteiger partial charge in [0.25, 0.3) is 0 Å². The molecule has 4 nitrogen and oxygen atoms in total. The van der Waals surface area contributed by atoms with E-state index in [0.717, 1.165) is 68.2 Å². The molecule has 0 atom stereocenters. The Morgan fingerprint density at radius 3 is 0.500 bits per heavy atom. The van der Waals surface area contributed by atoms with E-state index in [4.69, 9.17) is 0 Å². The average molecular weight is 871 g/mol. The molecule has 0 aliphatic rings. The third-order valence-electron chi connectivity index (χ3n) is 12.8. The van der Waals surface area contributed by atoms with E-state index in [1.807, 2.05) is 0 Å². The molecule has 0 saturated carbocycles. The zero-order valence-corrected chi connectivity index (χ0v) is 37.3. The second-order valence-corrected chi connectivity index (χ2v) is 17.1. The third kappa shape index (κ3) is 7.60. The predicted octanol–water partition coefficient (Wildman–Crippen LogP) is 18.5. The monoisotopic (exact) mass is 870 g/mol. The fourth-order valence-corrected chi connectivity index (χ4v) is 9.82. The minimum atomic E-state index is 1.08. The highest BCUT2D eigenvalue weighted by Gasteiger charge is 2.21. The van der Waals surface area contributed by atoms with E-state index in [2.05, 4.69) is 299 Å². The summed E-state index contributed by atoms with van der Waals surface area (Å²) in [7, 11) is 0. The van der Waals surface area contributed by atoms with E-state index < -0.39 is 0 Å². The molecule has 0 saturated heterocycles. The number of benzene rings is 12. The van der Waals surface area contributed by atoms with Crippen LogP contribution in [0.4, 0.5) is 68.2 Å². The molecule has 322 valence electrons. The highest BCUT2D eigenvalue weighted by molar-refractivity contribution is 6.24. The SMILES string of the molecule is c1ccc(N(c2ccccc2)c2ccc(N(c3ccccc3)c3cc4ccc5cc(N(c6ccccc6)c6ccc(N(c7ccccc7)c7ccccc7)cc6)cc6ccc(c3)c4c56)cc2)cc1. The Morgan fingerprint density at radius 1 is 0.147 bits per heavy atom. The second-order valence-electron chi connectivity index (χ2n) is 17.1. The number of hydrogen-bond acceptors (Lipinski definition) is 4. The molecule has 0 N–H and O–H groups in total. The first-order valence-electron chi connectivity index (χ1n) is 23.2. The van der Waals surface area contributed by atoms with E-state index in [0.29, 0.717) is 0 Å². The topological polar surface area (TPSA) is 13.0 Å². The van der Waals surface area contributed by atoms with Crippen LogP contribution in [0.3, 0.4) is 0 Å². The molecule has 12 rings (SSSR count). The van der Waals surface area contributed by atoms with Gasteiger partial charge < -0.3 is 19.6 Å². The molecule has 0 radical (unpaired) electrons. The lowest BCUT2D eigenvalue weighted by Gasteiger charge is -2.29. The normalized spacial score (nSPS) is 11.2. The Hall–Kier alpha value is -9.12. The van der Waals surface area contributed by atoms with Gasteiger partial charge in [0.1, 0.15) is 0 Å². The Balaban J connectivity index is 0.928. The van der Waals surface area contributed by atoms with Gasteiger partial charge in [-0.3, -0.25) is 0 Å². The van der Waals surface area contributed by atoms with Crippen LogP contribution in [0.2, 0.25) is 0 Å². The molecule has 0 fully saturated rings. The summed E-state index contributed by atoms with van der Waals surface area (Å²) < 4.78 is 0. The standard InChI is InChI=1S/C64H46N4/c1-7-19-51(20-8-1)65(52-21-9-2-10-22-52)57-35-39-59(40-36-57)67(55-27-15-5-16-28-55)61-43-47-31-33-49-45-62(46-50-34-32-48(44-61)63(47)64(49)50)68(56-29-17-6-18-30-56)60-41-37-58(38-42-60)66(53-23-11-3-12-24-53)54-25-13-4-14-26-54/h1-46H. The van der Waals surface area contributed by atoms with Crippen LogP contribution in [0.15, 0.2) is 279 Å². The van der Waals surface area contributed by atoms with Crippen molar-refractivity contribution in [3.05, 3.63) is 279 Å². The lowest BCUT2D eigenvalue weighted by molar-refractivity contribution is 1.26. The maximum Gasteiger partial charge on any atom is 0.0473 e. The number of rotatable bonds is 12. The van der Waals surface area contributed by atoms with Crippen molar-refractivity contribution in [2.24, 2.45) is 0 Å². The number of nitrogens with zero attached hydrogens (tertiary/aromatic N) is 4. The molecule has 0 aromatic heterocycles. The van der Waals surface area contributed by atoms with Crippen molar-refractivity contribution in [1.29, 1.82) is 0 Å². The predicted molar refractivity (Wildman–Crippen MR) is 289 cm³/mol. The summed E-state index contributed by atoms with van der Waals surface area (Å²) in [6.45, 7) is 0. The van der Waals surface area contributed by atoms with Crippen LogP contribution in [0.5, 0.6) is 0 Å². The molecule has 0 aliphatic heterocycles. The van der Waals surface area contributed by atoms with Gasteiger partial charge in [-0.25, -0.2) is 0 Å². The maximum atomic E-state index is 2.37. The summed E-state index contributed by atoms with van der Waals surface area (Å²) in [5.74, 6) is 0. The van der Waals surface area contributed by atoms with Crippen molar-refractivity contribution in [2.45, 2.75) is 0 Å². The molecule has 68 heavy (non-hydrogen) atoms. The van der Waals surface area contributed by atoms with Gasteiger partial charge in [0.05, 0.1) is 0 Å². The van der Waals surface area contributed by atoms with Crippen molar-refractivity contribution in [3.8, 4) is 0 Å². The molecular formula is C64H46N4. The first-order chi connectivity index (χ1) is 33.7. The molecule has 0 aliphatic carbocycles. The molecular weight excluding hydrogens is 825 g/mol. The summed E-state index contributed by atoms with van der Waals surface area (Å²) >= 11 is 0. The summed E-state index contributed by atoms with van der Waals surface area (Å²) in [5.41, 5.74) is 13.2. The molecule has 0 unspecified atom stereocenters. The average Bonchev–Trinajstić information content (AvgIpc) is 3.41. The van der Waals surface area contributed by atoms with Gasteiger partial charge in [0, 0.05) is 68.2 Å². The van der Waals surface area contributed by atoms with Gasteiger partial charge in [-0.1, -0.05) is 133 Å². The van der Waals surface area contributed by atoms with E-state index in [9.17, 15) is 0 Å². The molecule has 12 aromatic carbocycles. The first-order valence-corrected chi connectivity index (χ1v) is 23.2. The van der Waals surface area contributed by atoms with E-state index >= 15 is 0 Å². The highest BCUT2D eigenvalue weighted by Crippen LogP contribution is 2.46. The lowest BCUT2D eigenvalue weighted by Crippen LogP contribution is -2.12. The van der Waals surface area contributed by atoms with Gasteiger partial charge in [0.15, 0.2) is 0 Å². The first kappa shape index (κ1) is 40.4. The summed E-state index contributed by atoms with van der Waals surface area (Å²) in [4.78, 5) is 9.34. The van der Waals surface area contributed by atoms with E-state index in [1.165, 1.54) is 32.3 Å². The third-order valence-corrected chi connectivity index (χ3v) is 12.8. The zero-order chi connectivity index (χ0) is 45.2. The molecule has 0 amide bonds. The molecule has 0 spiro atoms. The van der Waals surface area contributed by atoms with Crippen molar-refractivity contribution in [1.82, 2.24) is 0 Å². The van der Waals surface area contributed by atoms with Gasteiger partial charge in [-0.2, -0.15) is 0 Å². The van der Waals surface area contributed by atoms with Crippen molar-refractivity contribution in [2.75, 3.05) is 19.6 Å². The number of para-hydroxylation sites is 6. The molecule has 0 heterocycles. The minimum Gasteiger partial charge on any atom is -0.311 e. The Kier molecular flexibility index (Phi) is 10.5.